The second-order valence-electron chi connectivity index (χ2n) is 3.79. The van der Waals surface area contributed by atoms with Gasteiger partial charge in [0.15, 0.2) is 0 Å². The maximum atomic E-state index is 3.43. The van der Waals surface area contributed by atoms with Crippen LogP contribution in [0.15, 0.2) is 29.2 Å². The first kappa shape index (κ1) is 10.8. The van der Waals surface area contributed by atoms with Gasteiger partial charge in [-0.2, -0.15) is 0 Å². The van der Waals surface area contributed by atoms with Crippen molar-refractivity contribution >= 4 is 17.4 Å². The molecule has 0 saturated carbocycles. The van der Waals surface area contributed by atoms with Crippen LogP contribution in [0.1, 0.15) is 6.42 Å². The zero-order valence-corrected chi connectivity index (χ0v) is 10.0. The molecule has 0 aromatic heterocycles. The number of benzene rings is 1. The summed E-state index contributed by atoms with van der Waals surface area (Å²) in [5, 5.41) is 3.43. The predicted molar refractivity (Wildman–Crippen MR) is 67.9 cm³/mol. The number of anilines is 1. The van der Waals surface area contributed by atoms with E-state index in [0.29, 0.717) is 0 Å². The van der Waals surface area contributed by atoms with E-state index in [1.165, 1.54) is 23.5 Å². The van der Waals surface area contributed by atoms with Crippen LogP contribution in [0.5, 0.6) is 0 Å². The molecule has 1 aliphatic heterocycles. The first-order chi connectivity index (χ1) is 7.40. The molecule has 0 radical (unpaired) electrons. The standard InChI is InChI=1S/C12H18N2S/c1-15-12-5-2-4-11(10-12)14-8-3-6-13-7-9-14/h2,4-5,10,13H,3,6-9H2,1H3. The molecule has 1 saturated heterocycles. The van der Waals surface area contributed by atoms with Crippen molar-refractivity contribution in [1.29, 1.82) is 0 Å². The highest BCUT2D eigenvalue weighted by molar-refractivity contribution is 7.98. The monoisotopic (exact) mass is 222 g/mol. The fraction of sp³-hybridized carbons (Fsp3) is 0.500. The van der Waals surface area contributed by atoms with Crippen molar-refractivity contribution in [2.24, 2.45) is 0 Å². The highest BCUT2D eigenvalue weighted by Gasteiger charge is 2.09. The number of rotatable bonds is 2. The zero-order valence-electron chi connectivity index (χ0n) is 9.20. The Morgan fingerprint density at radius 3 is 3.07 bits per heavy atom. The van der Waals surface area contributed by atoms with Gasteiger partial charge in [-0.05, 0) is 37.4 Å². The van der Waals surface area contributed by atoms with Crippen molar-refractivity contribution < 1.29 is 0 Å². The summed E-state index contributed by atoms with van der Waals surface area (Å²) in [5.74, 6) is 0. The van der Waals surface area contributed by atoms with Crippen LogP contribution in [0.4, 0.5) is 5.69 Å². The lowest BCUT2D eigenvalue weighted by Gasteiger charge is -2.22. The minimum Gasteiger partial charge on any atom is -0.370 e. The molecule has 2 nitrogen and oxygen atoms in total. The number of nitrogens with one attached hydrogen (secondary N) is 1. The highest BCUT2D eigenvalue weighted by Crippen LogP contribution is 2.22. The third-order valence-corrected chi connectivity index (χ3v) is 3.48. The Morgan fingerprint density at radius 2 is 2.20 bits per heavy atom. The molecule has 0 atom stereocenters. The maximum absolute atomic E-state index is 3.43. The average molecular weight is 222 g/mol. The van der Waals surface area contributed by atoms with E-state index in [1.54, 1.807) is 0 Å². The summed E-state index contributed by atoms with van der Waals surface area (Å²) >= 11 is 1.81. The Kier molecular flexibility index (Phi) is 3.92. The summed E-state index contributed by atoms with van der Waals surface area (Å²) < 4.78 is 0. The van der Waals surface area contributed by atoms with Gasteiger partial charge in [0.2, 0.25) is 0 Å². The van der Waals surface area contributed by atoms with Crippen molar-refractivity contribution in [2.75, 3.05) is 37.3 Å². The molecule has 1 fully saturated rings. The van der Waals surface area contributed by atoms with Gasteiger partial charge in [0, 0.05) is 30.2 Å². The van der Waals surface area contributed by atoms with Gasteiger partial charge in [-0.25, -0.2) is 0 Å². The maximum Gasteiger partial charge on any atom is 0.0377 e. The molecular formula is C12H18N2S. The average Bonchev–Trinajstić information content (AvgIpc) is 2.58. The van der Waals surface area contributed by atoms with E-state index in [-0.39, 0.29) is 0 Å². The van der Waals surface area contributed by atoms with E-state index < -0.39 is 0 Å². The van der Waals surface area contributed by atoms with E-state index in [2.05, 4.69) is 40.7 Å². The second kappa shape index (κ2) is 5.42. The smallest absolute Gasteiger partial charge is 0.0377 e. The SMILES string of the molecule is CSc1cccc(N2CCCNCC2)c1. The van der Waals surface area contributed by atoms with Crippen LogP contribution >= 0.6 is 11.8 Å². The fourth-order valence-corrected chi connectivity index (χ4v) is 2.36. The van der Waals surface area contributed by atoms with Gasteiger partial charge in [0.1, 0.15) is 0 Å². The van der Waals surface area contributed by atoms with E-state index in [0.717, 1.165) is 19.6 Å². The Labute approximate surface area is 96.0 Å². The normalized spacial score (nSPS) is 17.5. The minimum atomic E-state index is 1.10. The lowest BCUT2D eigenvalue weighted by Crippen LogP contribution is -2.27. The molecule has 1 aromatic rings. The van der Waals surface area contributed by atoms with Crippen molar-refractivity contribution in [1.82, 2.24) is 5.32 Å². The molecule has 0 amide bonds. The summed E-state index contributed by atoms with van der Waals surface area (Å²) in [6, 6.07) is 8.82. The van der Waals surface area contributed by atoms with Crippen LogP contribution in [0.25, 0.3) is 0 Å². The number of nitrogens with zero attached hydrogens (tertiary/aromatic N) is 1. The van der Waals surface area contributed by atoms with Gasteiger partial charge in [-0.1, -0.05) is 6.07 Å². The molecule has 1 N–H and O–H groups in total. The van der Waals surface area contributed by atoms with Gasteiger partial charge in [0.05, 0.1) is 0 Å². The van der Waals surface area contributed by atoms with Crippen LogP contribution in [0.3, 0.4) is 0 Å². The molecule has 0 bridgehead atoms. The summed E-state index contributed by atoms with van der Waals surface area (Å²) in [6.07, 6.45) is 3.37. The van der Waals surface area contributed by atoms with Gasteiger partial charge < -0.3 is 10.2 Å². The molecule has 1 heterocycles. The molecule has 1 aliphatic rings. The van der Waals surface area contributed by atoms with E-state index in [1.807, 2.05) is 11.8 Å². The van der Waals surface area contributed by atoms with Crippen molar-refractivity contribution in [2.45, 2.75) is 11.3 Å². The third-order valence-electron chi connectivity index (χ3n) is 2.76. The van der Waals surface area contributed by atoms with E-state index >= 15 is 0 Å². The number of hydrogen-bond acceptors (Lipinski definition) is 3. The lowest BCUT2D eigenvalue weighted by atomic mass is 10.2. The van der Waals surface area contributed by atoms with Gasteiger partial charge >= 0.3 is 0 Å². The quantitative estimate of drug-likeness (QED) is 0.772. The fourth-order valence-electron chi connectivity index (χ4n) is 1.91. The predicted octanol–water partition coefficient (Wildman–Crippen LogP) is 2.21. The molecule has 0 aliphatic carbocycles. The highest BCUT2D eigenvalue weighted by atomic mass is 32.2. The minimum absolute atomic E-state index is 1.10. The first-order valence-corrected chi connectivity index (χ1v) is 6.72. The Morgan fingerprint density at radius 1 is 1.27 bits per heavy atom. The van der Waals surface area contributed by atoms with Crippen molar-refractivity contribution in [3.05, 3.63) is 24.3 Å². The second-order valence-corrected chi connectivity index (χ2v) is 4.67. The molecule has 0 unspecified atom stereocenters. The number of hydrogen-bond donors (Lipinski definition) is 1. The number of thioether (sulfide) groups is 1. The van der Waals surface area contributed by atoms with Crippen LogP contribution in [-0.2, 0) is 0 Å². The lowest BCUT2D eigenvalue weighted by molar-refractivity contribution is 0.724. The van der Waals surface area contributed by atoms with Gasteiger partial charge in [0.25, 0.3) is 0 Å². The van der Waals surface area contributed by atoms with Crippen molar-refractivity contribution in [3.8, 4) is 0 Å². The largest absolute Gasteiger partial charge is 0.370 e. The van der Waals surface area contributed by atoms with Crippen LogP contribution < -0.4 is 10.2 Å². The van der Waals surface area contributed by atoms with E-state index in [9.17, 15) is 0 Å². The van der Waals surface area contributed by atoms with Crippen molar-refractivity contribution in [3.63, 3.8) is 0 Å². The molecule has 82 valence electrons. The van der Waals surface area contributed by atoms with Gasteiger partial charge in [-0.15, -0.1) is 11.8 Å². The third kappa shape index (κ3) is 2.89. The summed E-state index contributed by atoms with van der Waals surface area (Å²) in [6.45, 7) is 4.55. The molecule has 0 spiro atoms. The Hall–Kier alpha value is -0.670. The van der Waals surface area contributed by atoms with Crippen LogP contribution in [0, 0.1) is 0 Å². The molecular weight excluding hydrogens is 204 g/mol. The molecule has 15 heavy (non-hydrogen) atoms. The van der Waals surface area contributed by atoms with Crippen LogP contribution in [0.2, 0.25) is 0 Å². The van der Waals surface area contributed by atoms with E-state index in [4.69, 9.17) is 0 Å². The summed E-state index contributed by atoms with van der Waals surface area (Å²) in [5.41, 5.74) is 1.37. The topological polar surface area (TPSA) is 15.3 Å². The van der Waals surface area contributed by atoms with Gasteiger partial charge in [-0.3, -0.25) is 0 Å². The Balaban J connectivity index is 2.12. The molecule has 3 heteroatoms. The molecule has 1 aromatic carbocycles. The first-order valence-electron chi connectivity index (χ1n) is 5.50. The summed E-state index contributed by atoms with van der Waals surface area (Å²) in [7, 11) is 0. The zero-order chi connectivity index (χ0) is 10.5. The Bertz CT molecular complexity index is 306. The summed E-state index contributed by atoms with van der Waals surface area (Å²) in [4.78, 5) is 3.82. The molecule has 2 rings (SSSR count). The van der Waals surface area contributed by atoms with Crippen LogP contribution in [-0.4, -0.2) is 32.4 Å².